The van der Waals surface area contributed by atoms with Crippen LogP contribution < -0.4 is 10.6 Å². The molecule has 13 heteroatoms. The van der Waals surface area contributed by atoms with Gasteiger partial charge in [-0.3, -0.25) is 23.9 Å². The van der Waals surface area contributed by atoms with Crippen LogP contribution in [0.4, 0.5) is 20.3 Å². The molecule has 3 heterocycles. The van der Waals surface area contributed by atoms with E-state index >= 15 is 0 Å². The zero-order chi connectivity index (χ0) is 31.6. The van der Waals surface area contributed by atoms with E-state index in [1.807, 2.05) is 13.0 Å². The van der Waals surface area contributed by atoms with Crippen LogP contribution in [0, 0.1) is 18.3 Å². The van der Waals surface area contributed by atoms with E-state index in [-0.39, 0.29) is 59.8 Å². The van der Waals surface area contributed by atoms with E-state index < -0.39 is 23.8 Å². The van der Waals surface area contributed by atoms with Crippen LogP contribution in [-0.2, 0) is 20.9 Å². The molecule has 1 aliphatic heterocycles. The zero-order valence-corrected chi connectivity index (χ0v) is 26.2. The van der Waals surface area contributed by atoms with E-state index in [0.29, 0.717) is 40.6 Å². The van der Waals surface area contributed by atoms with E-state index in [0.717, 1.165) is 12.0 Å². The Hall–Kier alpha value is -3.74. The Morgan fingerprint density at radius 1 is 1.07 bits per heavy atom. The normalized spacial score (nSPS) is 25.4. The summed E-state index contributed by atoms with van der Waals surface area (Å²) in [6, 6.07) is 7.51. The molecule has 2 aliphatic carbocycles. The van der Waals surface area contributed by atoms with Crippen LogP contribution in [0.25, 0.3) is 10.9 Å². The predicted molar refractivity (Wildman–Crippen MR) is 162 cm³/mol. The van der Waals surface area contributed by atoms with Crippen LogP contribution in [-0.4, -0.2) is 61.2 Å². The number of likely N-dealkylation sites (tertiary alicyclic amines) is 1. The highest BCUT2D eigenvalue weighted by Crippen LogP contribution is 2.59. The standard InChI is InChI=1S/C31H33BrF2N6O4/c1-16-7-10-24(32)36-27(16)37-29(44)22-13-30(3)14-23(30)40(22)25(42)15-39-21-9-8-18(12-19(21)26(38-39)17(2)41)35-28(43)20-6-4-5-11-31(20,33)34/h7-10,12,20,22-23H,4-6,11,13-15H2,1-3H3,(H,35,43)(H,36,37,44)/t20?,22-,23+,30-/m0/s1. The summed E-state index contributed by atoms with van der Waals surface area (Å²) in [6.45, 7) is 5.03. The minimum Gasteiger partial charge on any atom is -0.326 e. The lowest BCUT2D eigenvalue weighted by Gasteiger charge is -2.30. The fourth-order valence-corrected chi connectivity index (χ4v) is 7.00. The molecule has 6 rings (SSSR count). The fraction of sp³-hybridized carbons (Fsp3) is 0.484. The number of ketones is 1. The molecule has 2 N–H and O–H groups in total. The number of alkyl halides is 2. The van der Waals surface area contributed by atoms with Crippen LogP contribution in [0.5, 0.6) is 0 Å². The number of Topliss-reactive ketones (excluding diaryl/α,β-unsaturated/α-hetero) is 1. The first-order chi connectivity index (χ1) is 20.8. The van der Waals surface area contributed by atoms with Crippen molar-refractivity contribution in [2.75, 3.05) is 10.6 Å². The lowest BCUT2D eigenvalue weighted by Crippen LogP contribution is -2.47. The second-order valence-electron chi connectivity index (χ2n) is 12.5. The number of nitrogens with one attached hydrogen (secondary N) is 2. The summed E-state index contributed by atoms with van der Waals surface area (Å²) < 4.78 is 30.8. The van der Waals surface area contributed by atoms with Crippen LogP contribution in [0.15, 0.2) is 34.9 Å². The number of aryl methyl sites for hydroxylation is 1. The Labute approximate surface area is 261 Å². The van der Waals surface area contributed by atoms with Crippen molar-refractivity contribution < 1.29 is 28.0 Å². The lowest BCUT2D eigenvalue weighted by molar-refractivity contribution is -0.140. The summed E-state index contributed by atoms with van der Waals surface area (Å²) in [5.74, 6) is -5.82. The number of hydrogen-bond acceptors (Lipinski definition) is 6. The molecule has 1 unspecified atom stereocenters. The third-order valence-electron chi connectivity index (χ3n) is 9.25. The maximum Gasteiger partial charge on any atom is 0.259 e. The molecule has 232 valence electrons. The maximum atomic E-state index is 14.4. The van der Waals surface area contributed by atoms with Crippen molar-refractivity contribution >= 4 is 61.8 Å². The number of nitrogens with zero attached hydrogens (tertiary/aromatic N) is 4. The monoisotopic (exact) mass is 670 g/mol. The van der Waals surface area contributed by atoms with Crippen molar-refractivity contribution in [3.05, 3.63) is 46.2 Å². The van der Waals surface area contributed by atoms with Gasteiger partial charge in [0.2, 0.25) is 17.7 Å². The predicted octanol–water partition coefficient (Wildman–Crippen LogP) is 5.49. The van der Waals surface area contributed by atoms with E-state index in [4.69, 9.17) is 0 Å². The van der Waals surface area contributed by atoms with Gasteiger partial charge in [0.15, 0.2) is 5.78 Å². The molecule has 2 aromatic heterocycles. The summed E-state index contributed by atoms with van der Waals surface area (Å²) in [5.41, 5.74) is 1.46. The molecule has 2 saturated carbocycles. The summed E-state index contributed by atoms with van der Waals surface area (Å²) in [7, 11) is 0. The number of carbonyl (C=O) groups is 4. The molecule has 1 aromatic carbocycles. The van der Waals surface area contributed by atoms with E-state index in [9.17, 15) is 28.0 Å². The topological polar surface area (TPSA) is 126 Å². The summed E-state index contributed by atoms with van der Waals surface area (Å²) in [5, 5.41) is 10.3. The van der Waals surface area contributed by atoms with Gasteiger partial charge in [-0.1, -0.05) is 19.4 Å². The minimum absolute atomic E-state index is 0.0869. The smallest absolute Gasteiger partial charge is 0.259 e. The van der Waals surface area contributed by atoms with Gasteiger partial charge in [-0.25, -0.2) is 13.8 Å². The number of piperidine rings is 1. The molecule has 1 saturated heterocycles. The number of aromatic nitrogens is 3. The highest BCUT2D eigenvalue weighted by atomic mass is 79.9. The van der Waals surface area contributed by atoms with Crippen molar-refractivity contribution in [2.24, 2.45) is 11.3 Å². The first kappa shape index (κ1) is 30.3. The number of rotatable bonds is 7. The number of halogens is 3. The first-order valence-electron chi connectivity index (χ1n) is 14.7. The van der Waals surface area contributed by atoms with Crippen LogP contribution >= 0.6 is 15.9 Å². The number of pyridine rings is 1. The van der Waals surface area contributed by atoms with Crippen LogP contribution in [0.2, 0.25) is 0 Å². The van der Waals surface area contributed by atoms with Crippen molar-refractivity contribution in [3.8, 4) is 0 Å². The number of benzene rings is 1. The van der Waals surface area contributed by atoms with Gasteiger partial charge in [-0.15, -0.1) is 0 Å². The van der Waals surface area contributed by atoms with Gasteiger partial charge in [0.25, 0.3) is 5.92 Å². The number of amides is 3. The number of carbonyl (C=O) groups excluding carboxylic acids is 4. The third kappa shape index (κ3) is 5.50. The molecule has 10 nitrogen and oxygen atoms in total. The summed E-state index contributed by atoms with van der Waals surface area (Å²) in [6.07, 6.45) is 2.03. The molecule has 3 aliphatic rings. The van der Waals surface area contributed by atoms with Crippen molar-refractivity contribution in [2.45, 2.75) is 83.8 Å². The Morgan fingerprint density at radius 2 is 1.84 bits per heavy atom. The van der Waals surface area contributed by atoms with Gasteiger partial charge in [0.1, 0.15) is 34.6 Å². The van der Waals surface area contributed by atoms with Crippen molar-refractivity contribution in [1.29, 1.82) is 0 Å². The molecular weight excluding hydrogens is 638 g/mol. The molecule has 0 spiro atoms. The van der Waals surface area contributed by atoms with E-state index in [1.165, 1.54) is 17.7 Å². The Kier molecular flexibility index (Phi) is 7.58. The van der Waals surface area contributed by atoms with Gasteiger partial charge in [0, 0.05) is 30.5 Å². The highest BCUT2D eigenvalue weighted by Gasteiger charge is 2.64. The zero-order valence-electron chi connectivity index (χ0n) is 24.6. The molecule has 3 amide bonds. The van der Waals surface area contributed by atoms with E-state index in [1.54, 1.807) is 23.1 Å². The van der Waals surface area contributed by atoms with Crippen molar-refractivity contribution in [3.63, 3.8) is 0 Å². The van der Waals surface area contributed by atoms with Gasteiger partial charge in [-0.05, 0) is 83.8 Å². The average molecular weight is 672 g/mol. The Balaban J connectivity index is 1.23. The summed E-state index contributed by atoms with van der Waals surface area (Å²) in [4.78, 5) is 58.5. The maximum absolute atomic E-state index is 14.4. The number of fused-ring (bicyclic) bond motifs is 2. The Bertz CT molecular complexity index is 1710. The quantitative estimate of drug-likeness (QED) is 0.253. The van der Waals surface area contributed by atoms with Gasteiger partial charge in [-0.2, -0.15) is 5.10 Å². The first-order valence-corrected chi connectivity index (χ1v) is 15.5. The molecule has 4 atom stereocenters. The number of anilines is 2. The highest BCUT2D eigenvalue weighted by molar-refractivity contribution is 9.10. The van der Waals surface area contributed by atoms with Gasteiger partial charge >= 0.3 is 0 Å². The molecule has 3 fully saturated rings. The largest absolute Gasteiger partial charge is 0.326 e. The number of hydrogen-bond donors (Lipinski definition) is 2. The summed E-state index contributed by atoms with van der Waals surface area (Å²) >= 11 is 3.33. The van der Waals surface area contributed by atoms with Crippen molar-refractivity contribution in [1.82, 2.24) is 19.7 Å². The second-order valence-corrected chi connectivity index (χ2v) is 13.3. The van der Waals surface area contributed by atoms with Gasteiger partial charge < -0.3 is 15.5 Å². The van der Waals surface area contributed by atoms with E-state index in [2.05, 4.69) is 43.6 Å². The average Bonchev–Trinajstić information content (AvgIpc) is 3.32. The van der Waals surface area contributed by atoms with Crippen LogP contribution in [0.3, 0.4) is 0 Å². The molecule has 0 bridgehead atoms. The molecule has 44 heavy (non-hydrogen) atoms. The Morgan fingerprint density at radius 3 is 2.57 bits per heavy atom. The molecule has 0 radical (unpaired) electrons. The molecular formula is C31H33BrF2N6O4. The fourth-order valence-electron chi connectivity index (χ4n) is 6.69. The third-order valence-corrected chi connectivity index (χ3v) is 9.69. The van der Waals surface area contributed by atoms with Crippen LogP contribution in [0.1, 0.15) is 68.4 Å². The minimum atomic E-state index is -3.07. The lowest BCUT2D eigenvalue weighted by atomic mass is 9.85. The second kappa shape index (κ2) is 11.0. The SMILES string of the molecule is CC(=O)c1nn(CC(=O)N2[C@H](C(=O)Nc3nc(Br)ccc3C)C[C@@]3(C)C[C@@H]23)c2ccc(NC(=O)C3CCCCC3(F)F)cc12. The molecule has 3 aromatic rings. The van der Waals surface area contributed by atoms with Gasteiger partial charge in [0.05, 0.1) is 5.52 Å².